The quantitative estimate of drug-likeness (QED) is 0.719. The van der Waals surface area contributed by atoms with Gasteiger partial charge in [-0.15, -0.1) is 0 Å². The van der Waals surface area contributed by atoms with Crippen molar-refractivity contribution in [3.8, 4) is 0 Å². The number of hydrogen-bond donors (Lipinski definition) is 0. The lowest BCUT2D eigenvalue weighted by molar-refractivity contribution is 0.374. The lowest BCUT2D eigenvalue weighted by atomic mass is 10.2. The van der Waals surface area contributed by atoms with Crippen LogP contribution in [0.1, 0.15) is 24.3 Å². The van der Waals surface area contributed by atoms with Gasteiger partial charge in [-0.05, 0) is 37.0 Å². The van der Waals surface area contributed by atoms with Gasteiger partial charge in [0.25, 0.3) is 0 Å². The summed E-state index contributed by atoms with van der Waals surface area (Å²) in [6.07, 6.45) is 3.28. The first-order chi connectivity index (χ1) is 11.1. The summed E-state index contributed by atoms with van der Waals surface area (Å²) in [6, 6.07) is 12.5. The molecule has 6 heteroatoms. The van der Waals surface area contributed by atoms with Gasteiger partial charge in [-0.3, -0.25) is 0 Å². The summed E-state index contributed by atoms with van der Waals surface area (Å²) in [5.74, 6) is 1.26. The monoisotopic (exact) mass is 328 g/mol. The summed E-state index contributed by atoms with van der Waals surface area (Å²) in [7, 11) is -3.54. The number of sulfone groups is 1. The smallest absolute Gasteiger partial charge is 0.201 e. The number of fused-ring (bicyclic) bond motifs is 1. The predicted molar refractivity (Wildman–Crippen MR) is 85.6 cm³/mol. The van der Waals surface area contributed by atoms with Crippen LogP contribution in [0.3, 0.4) is 0 Å². The normalized spacial score (nSPS) is 15.1. The van der Waals surface area contributed by atoms with E-state index in [0.29, 0.717) is 17.1 Å². The van der Waals surface area contributed by atoms with Crippen LogP contribution >= 0.6 is 0 Å². The Morgan fingerprint density at radius 1 is 1.13 bits per heavy atom. The lowest BCUT2D eigenvalue weighted by Gasteiger charge is -2.03. The van der Waals surface area contributed by atoms with Crippen LogP contribution in [0.15, 0.2) is 52.0 Å². The maximum Gasteiger partial charge on any atom is 0.201 e. The molecule has 3 aromatic rings. The molecule has 5 nitrogen and oxygen atoms in total. The van der Waals surface area contributed by atoms with Crippen LogP contribution in [0.5, 0.6) is 0 Å². The van der Waals surface area contributed by atoms with Crippen molar-refractivity contribution in [2.75, 3.05) is 0 Å². The van der Waals surface area contributed by atoms with Crippen molar-refractivity contribution in [2.45, 2.75) is 30.0 Å². The van der Waals surface area contributed by atoms with Gasteiger partial charge in [-0.1, -0.05) is 23.4 Å². The zero-order valence-corrected chi connectivity index (χ0v) is 13.3. The molecule has 0 bridgehead atoms. The number of pyridine rings is 1. The fourth-order valence-electron chi connectivity index (χ4n) is 2.62. The largest absolute Gasteiger partial charge is 0.361 e. The molecule has 0 unspecified atom stereocenters. The molecule has 2 heterocycles. The second-order valence-electron chi connectivity index (χ2n) is 6.03. The lowest BCUT2D eigenvalue weighted by Crippen LogP contribution is -2.07. The summed E-state index contributed by atoms with van der Waals surface area (Å²) in [4.78, 5) is 4.26. The number of aromatic nitrogens is 2. The molecule has 4 rings (SSSR count). The van der Waals surface area contributed by atoms with Crippen LogP contribution in [-0.2, 0) is 22.0 Å². The topological polar surface area (TPSA) is 73.1 Å². The van der Waals surface area contributed by atoms with Crippen molar-refractivity contribution in [1.82, 2.24) is 10.1 Å². The fourth-order valence-corrected chi connectivity index (χ4v) is 3.80. The van der Waals surface area contributed by atoms with E-state index in [-0.39, 0.29) is 10.8 Å². The summed E-state index contributed by atoms with van der Waals surface area (Å²) in [6.45, 7) is 0. The number of hydrogen-bond acceptors (Lipinski definition) is 5. The van der Waals surface area contributed by atoms with Gasteiger partial charge < -0.3 is 4.52 Å². The zero-order chi connectivity index (χ0) is 15.9. The van der Waals surface area contributed by atoms with E-state index in [1.54, 1.807) is 24.3 Å². The Balaban J connectivity index is 1.59. The molecule has 0 radical (unpaired) electrons. The number of para-hydroxylation sites is 1. The molecule has 1 saturated carbocycles. The molecule has 2 aromatic heterocycles. The highest BCUT2D eigenvalue weighted by Crippen LogP contribution is 2.32. The molecule has 0 saturated heterocycles. The number of benzene rings is 1. The maximum atomic E-state index is 12.5. The summed E-state index contributed by atoms with van der Waals surface area (Å²) in [5.41, 5.74) is 1.11. The third-order valence-electron chi connectivity index (χ3n) is 4.02. The molecule has 1 fully saturated rings. The highest BCUT2D eigenvalue weighted by molar-refractivity contribution is 7.90. The van der Waals surface area contributed by atoms with Gasteiger partial charge in [-0.25, -0.2) is 13.4 Å². The van der Waals surface area contributed by atoms with Gasteiger partial charge in [0.05, 0.1) is 11.2 Å². The van der Waals surface area contributed by atoms with Crippen LogP contribution in [0.25, 0.3) is 10.9 Å². The van der Waals surface area contributed by atoms with Gasteiger partial charge >= 0.3 is 0 Å². The third-order valence-corrected chi connectivity index (χ3v) is 5.56. The second kappa shape index (κ2) is 5.45. The van der Waals surface area contributed by atoms with Crippen molar-refractivity contribution >= 4 is 20.7 Å². The van der Waals surface area contributed by atoms with E-state index in [2.05, 4.69) is 10.1 Å². The molecule has 0 N–H and O–H groups in total. The summed E-state index contributed by atoms with van der Waals surface area (Å²) in [5, 5.41) is 4.88. The molecule has 0 aliphatic heterocycles. The van der Waals surface area contributed by atoms with E-state index in [1.165, 1.54) is 12.8 Å². The van der Waals surface area contributed by atoms with Crippen LogP contribution < -0.4 is 0 Å². The van der Waals surface area contributed by atoms with Gasteiger partial charge in [0.2, 0.25) is 9.84 Å². The fraction of sp³-hybridized carbons (Fsp3) is 0.294. The minimum absolute atomic E-state index is 0.0722. The molecule has 0 amide bonds. The molecular formula is C17H16N2O3S. The Hall–Kier alpha value is -2.21. The Kier molecular flexibility index (Phi) is 3.41. The minimum Gasteiger partial charge on any atom is -0.361 e. The first-order valence-electron chi connectivity index (χ1n) is 7.63. The van der Waals surface area contributed by atoms with Gasteiger partial charge in [0.1, 0.15) is 11.5 Å². The first-order valence-corrected chi connectivity index (χ1v) is 9.28. The van der Waals surface area contributed by atoms with E-state index >= 15 is 0 Å². The van der Waals surface area contributed by atoms with Gasteiger partial charge in [0.15, 0.2) is 5.03 Å². The van der Waals surface area contributed by atoms with Crippen molar-refractivity contribution in [1.29, 1.82) is 0 Å². The van der Waals surface area contributed by atoms with E-state index < -0.39 is 9.84 Å². The van der Waals surface area contributed by atoms with Crippen LogP contribution in [-0.4, -0.2) is 18.6 Å². The Morgan fingerprint density at radius 3 is 2.78 bits per heavy atom. The highest BCUT2D eigenvalue weighted by atomic mass is 32.2. The average Bonchev–Trinajstić information content (AvgIpc) is 3.25. The minimum atomic E-state index is -3.54. The van der Waals surface area contributed by atoms with Crippen molar-refractivity contribution < 1.29 is 12.9 Å². The summed E-state index contributed by atoms with van der Waals surface area (Å²) >= 11 is 0. The number of rotatable bonds is 5. The standard InChI is InChI=1S/C17H16N2O3S/c20-23(21,11-14-10-15(22-19-14)9-12-5-6-12)17-8-7-13-3-1-2-4-16(13)18-17/h1-4,7-8,10,12H,5-6,9,11H2. The molecular weight excluding hydrogens is 312 g/mol. The van der Waals surface area contributed by atoms with Crippen LogP contribution in [0, 0.1) is 5.92 Å². The van der Waals surface area contributed by atoms with Crippen LogP contribution in [0.4, 0.5) is 0 Å². The molecule has 0 spiro atoms. The Labute approximate surface area is 134 Å². The number of nitrogens with zero attached hydrogens (tertiary/aromatic N) is 2. The average molecular weight is 328 g/mol. The molecule has 1 aromatic carbocycles. The van der Waals surface area contributed by atoms with E-state index in [0.717, 1.165) is 17.6 Å². The van der Waals surface area contributed by atoms with Crippen molar-refractivity contribution in [2.24, 2.45) is 5.92 Å². The van der Waals surface area contributed by atoms with Crippen LogP contribution in [0.2, 0.25) is 0 Å². The SMILES string of the molecule is O=S(=O)(Cc1cc(CC2CC2)on1)c1ccc2ccccc2n1. The molecule has 0 atom stereocenters. The molecule has 118 valence electrons. The molecule has 1 aliphatic rings. The van der Waals surface area contributed by atoms with Gasteiger partial charge in [-0.2, -0.15) is 0 Å². The highest BCUT2D eigenvalue weighted by Gasteiger charge is 2.25. The zero-order valence-electron chi connectivity index (χ0n) is 12.5. The summed E-state index contributed by atoms with van der Waals surface area (Å²) < 4.78 is 30.3. The predicted octanol–water partition coefficient (Wildman–Crippen LogP) is 3.15. The first kappa shape index (κ1) is 14.4. The van der Waals surface area contributed by atoms with Gasteiger partial charge in [0, 0.05) is 17.9 Å². The van der Waals surface area contributed by atoms with E-state index in [4.69, 9.17) is 4.52 Å². The Bertz CT molecular complexity index is 959. The maximum absolute atomic E-state index is 12.5. The van der Waals surface area contributed by atoms with E-state index in [9.17, 15) is 8.42 Å². The molecule has 23 heavy (non-hydrogen) atoms. The Morgan fingerprint density at radius 2 is 1.96 bits per heavy atom. The van der Waals surface area contributed by atoms with E-state index in [1.807, 2.05) is 18.2 Å². The van der Waals surface area contributed by atoms with Crippen molar-refractivity contribution in [3.63, 3.8) is 0 Å². The molecule has 1 aliphatic carbocycles. The third kappa shape index (κ3) is 3.12. The second-order valence-corrected chi connectivity index (χ2v) is 7.97. The van der Waals surface area contributed by atoms with Crippen molar-refractivity contribution in [3.05, 3.63) is 53.9 Å².